The van der Waals surface area contributed by atoms with E-state index in [1.54, 1.807) is 0 Å². The van der Waals surface area contributed by atoms with E-state index < -0.39 is 0 Å². The Morgan fingerprint density at radius 2 is 2.20 bits per heavy atom. The molecule has 1 aromatic rings. The molecule has 0 spiro atoms. The lowest BCUT2D eigenvalue weighted by atomic mass is 10.2. The summed E-state index contributed by atoms with van der Waals surface area (Å²) < 4.78 is 0. The summed E-state index contributed by atoms with van der Waals surface area (Å²) >= 11 is 5.25. The zero-order valence-corrected chi connectivity index (χ0v) is 7.69. The van der Waals surface area contributed by atoms with Crippen LogP contribution < -0.4 is 0 Å². The highest BCUT2D eigenvalue weighted by molar-refractivity contribution is 8.82. The lowest BCUT2D eigenvalue weighted by molar-refractivity contribution is 1.29. The van der Waals surface area contributed by atoms with Crippen LogP contribution in [0.15, 0.2) is 29.2 Å². The Kier molecular flexibility index (Phi) is 1.80. The van der Waals surface area contributed by atoms with Gasteiger partial charge in [0.25, 0.3) is 0 Å². The zero-order valence-electron chi connectivity index (χ0n) is 5.24. The molecule has 10 heavy (non-hydrogen) atoms. The van der Waals surface area contributed by atoms with Crippen LogP contribution in [0.5, 0.6) is 0 Å². The van der Waals surface area contributed by atoms with Crippen LogP contribution in [0.1, 0.15) is 5.56 Å². The molecule has 0 nitrogen and oxygen atoms in total. The maximum atomic E-state index is 5.25. The summed E-state index contributed by atoms with van der Waals surface area (Å²) in [6, 6.07) is 8.46. The van der Waals surface area contributed by atoms with Crippen molar-refractivity contribution in [3.05, 3.63) is 29.8 Å². The van der Waals surface area contributed by atoms with Gasteiger partial charge in [0.1, 0.15) is 0 Å². The molecule has 1 aromatic carbocycles. The van der Waals surface area contributed by atoms with Crippen LogP contribution in [0.25, 0.3) is 0 Å². The highest BCUT2D eigenvalue weighted by atomic mass is 33.3. The van der Waals surface area contributed by atoms with Crippen molar-refractivity contribution in [3.63, 3.8) is 0 Å². The minimum Gasteiger partial charge on any atom is -0.0801 e. The van der Waals surface area contributed by atoms with Crippen molar-refractivity contribution >= 4 is 30.5 Å². The van der Waals surface area contributed by atoms with Crippen molar-refractivity contribution in [3.8, 4) is 0 Å². The Balaban J connectivity index is 2.61. The molecule has 0 saturated heterocycles. The smallest absolute Gasteiger partial charge is 0.0306 e. The van der Waals surface area contributed by atoms with Gasteiger partial charge < -0.3 is 0 Å². The zero-order chi connectivity index (χ0) is 6.97. The predicted octanol–water partition coefficient (Wildman–Crippen LogP) is 2.29. The SMILES string of the molecule is S=S1SCc2ccccc21. The van der Waals surface area contributed by atoms with Crippen LogP contribution in [0.2, 0.25) is 0 Å². The molecule has 0 fully saturated rings. The van der Waals surface area contributed by atoms with E-state index in [2.05, 4.69) is 24.3 Å². The maximum absolute atomic E-state index is 5.25. The van der Waals surface area contributed by atoms with Crippen LogP contribution in [-0.2, 0) is 25.4 Å². The lowest BCUT2D eigenvalue weighted by Gasteiger charge is -1.93. The van der Waals surface area contributed by atoms with Gasteiger partial charge in [-0.3, -0.25) is 0 Å². The number of hydrogen-bond acceptors (Lipinski definition) is 2. The molecule has 2 rings (SSSR count). The molecule has 1 unspecified atom stereocenters. The van der Waals surface area contributed by atoms with E-state index >= 15 is 0 Å². The Morgan fingerprint density at radius 1 is 1.40 bits per heavy atom. The van der Waals surface area contributed by atoms with Gasteiger partial charge in [0, 0.05) is 10.6 Å². The van der Waals surface area contributed by atoms with Crippen LogP contribution >= 0.6 is 10.8 Å². The van der Waals surface area contributed by atoms with E-state index in [1.165, 1.54) is 10.5 Å². The number of fused-ring (bicyclic) bond motifs is 1. The van der Waals surface area contributed by atoms with E-state index in [0.717, 1.165) is 5.75 Å². The molecular weight excluding hydrogens is 180 g/mol. The summed E-state index contributed by atoms with van der Waals surface area (Å²) in [4.78, 5) is 1.38. The fourth-order valence-electron chi connectivity index (χ4n) is 0.966. The van der Waals surface area contributed by atoms with E-state index in [0.29, 0.717) is 0 Å². The Hall–Kier alpha value is 0.140. The molecule has 1 aliphatic rings. The summed E-state index contributed by atoms with van der Waals surface area (Å²) in [6.45, 7) is 0. The first-order valence-corrected chi connectivity index (χ1v) is 6.66. The third-order valence-corrected chi connectivity index (χ3v) is 5.81. The molecule has 0 N–H and O–H groups in total. The van der Waals surface area contributed by atoms with Crippen molar-refractivity contribution in [1.29, 1.82) is 0 Å². The minimum atomic E-state index is 0.0522. The van der Waals surface area contributed by atoms with E-state index in [4.69, 9.17) is 11.2 Å². The van der Waals surface area contributed by atoms with Gasteiger partial charge in [0.2, 0.25) is 0 Å². The summed E-state index contributed by atoms with van der Waals surface area (Å²) in [5, 5.41) is 0. The molecular formula is C7H6S3. The average molecular weight is 186 g/mol. The number of benzene rings is 1. The maximum Gasteiger partial charge on any atom is 0.0306 e. The normalized spacial score (nSPS) is 22.6. The molecule has 1 aliphatic heterocycles. The second-order valence-corrected chi connectivity index (χ2v) is 6.88. The van der Waals surface area contributed by atoms with Crippen LogP contribution in [0.4, 0.5) is 0 Å². The molecule has 0 aliphatic carbocycles. The third-order valence-electron chi connectivity index (χ3n) is 1.47. The number of rotatable bonds is 0. The Bertz CT molecular complexity index is 280. The fourth-order valence-corrected chi connectivity index (χ4v) is 4.71. The fraction of sp³-hybridized carbons (Fsp3) is 0.143. The van der Waals surface area contributed by atoms with Gasteiger partial charge in [0.15, 0.2) is 0 Å². The molecule has 52 valence electrons. The predicted molar refractivity (Wildman–Crippen MR) is 50.7 cm³/mol. The summed E-state index contributed by atoms with van der Waals surface area (Å²) in [7, 11) is 1.92. The second-order valence-electron chi connectivity index (χ2n) is 2.10. The Labute approximate surface area is 71.0 Å². The van der Waals surface area contributed by atoms with Crippen molar-refractivity contribution in [2.24, 2.45) is 0 Å². The third kappa shape index (κ3) is 1.02. The lowest BCUT2D eigenvalue weighted by Crippen LogP contribution is -1.78. The van der Waals surface area contributed by atoms with Gasteiger partial charge in [0.05, 0.1) is 0 Å². The van der Waals surface area contributed by atoms with Crippen molar-refractivity contribution in [2.45, 2.75) is 10.6 Å². The van der Waals surface area contributed by atoms with Crippen molar-refractivity contribution < 1.29 is 0 Å². The minimum absolute atomic E-state index is 0.0522. The molecule has 0 saturated carbocycles. The van der Waals surface area contributed by atoms with E-state index in [-0.39, 0.29) is 8.49 Å². The highest BCUT2D eigenvalue weighted by Crippen LogP contribution is 2.33. The largest absolute Gasteiger partial charge is 0.0801 e. The molecule has 3 heteroatoms. The molecule has 1 heterocycles. The molecule has 0 aromatic heterocycles. The Morgan fingerprint density at radius 3 is 3.00 bits per heavy atom. The first kappa shape index (κ1) is 6.83. The van der Waals surface area contributed by atoms with Crippen LogP contribution in [-0.4, -0.2) is 0 Å². The summed E-state index contributed by atoms with van der Waals surface area (Å²) in [5.74, 6) is 1.11. The molecule has 0 radical (unpaired) electrons. The summed E-state index contributed by atoms with van der Waals surface area (Å²) in [5.41, 5.74) is 1.44. The standard InChI is InChI=1S/C7H6S3/c8-10-7-4-2-1-3-6(7)5-9-10/h1-4H,5H2. The second kappa shape index (κ2) is 2.64. The highest BCUT2D eigenvalue weighted by Gasteiger charge is 2.13. The van der Waals surface area contributed by atoms with Crippen molar-refractivity contribution in [2.75, 3.05) is 0 Å². The van der Waals surface area contributed by atoms with Gasteiger partial charge in [-0.05, 0) is 31.3 Å². The number of hydrogen-bond donors (Lipinski definition) is 0. The first-order chi connectivity index (χ1) is 4.88. The summed E-state index contributed by atoms with van der Waals surface area (Å²) in [6.07, 6.45) is 0. The average Bonchev–Trinajstić information content (AvgIpc) is 2.34. The van der Waals surface area contributed by atoms with E-state index in [1.807, 2.05) is 10.8 Å². The van der Waals surface area contributed by atoms with Gasteiger partial charge >= 0.3 is 0 Å². The molecule has 0 bridgehead atoms. The van der Waals surface area contributed by atoms with Gasteiger partial charge in [-0.25, -0.2) is 0 Å². The van der Waals surface area contributed by atoms with Crippen LogP contribution in [0, 0.1) is 0 Å². The topological polar surface area (TPSA) is 0 Å². The quantitative estimate of drug-likeness (QED) is 0.570. The first-order valence-electron chi connectivity index (χ1n) is 3.01. The monoisotopic (exact) mass is 186 g/mol. The van der Waals surface area contributed by atoms with Gasteiger partial charge in [-0.2, -0.15) is 0 Å². The van der Waals surface area contributed by atoms with Crippen molar-refractivity contribution in [1.82, 2.24) is 0 Å². The molecule has 0 amide bonds. The van der Waals surface area contributed by atoms with E-state index in [9.17, 15) is 0 Å². The van der Waals surface area contributed by atoms with Gasteiger partial charge in [-0.1, -0.05) is 29.0 Å². The molecule has 1 atom stereocenters. The van der Waals surface area contributed by atoms with Crippen LogP contribution in [0.3, 0.4) is 0 Å². The van der Waals surface area contributed by atoms with Gasteiger partial charge in [-0.15, -0.1) is 0 Å².